The van der Waals surface area contributed by atoms with Crippen molar-refractivity contribution in [1.29, 1.82) is 0 Å². The summed E-state index contributed by atoms with van der Waals surface area (Å²) in [6.07, 6.45) is 5.84. The molecule has 0 spiro atoms. The van der Waals surface area contributed by atoms with Crippen molar-refractivity contribution in [2.45, 2.75) is 12.6 Å². The Bertz CT molecular complexity index is 745. The highest BCUT2D eigenvalue weighted by Crippen LogP contribution is 2.30. The van der Waals surface area contributed by atoms with E-state index in [-0.39, 0.29) is 12.4 Å². The lowest BCUT2D eigenvalue weighted by Crippen LogP contribution is -2.45. The molecule has 0 bridgehead atoms. The fourth-order valence-corrected chi connectivity index (χ4v) is 4.59. The van der Waals surface area contributed by atoms with Crippen molar-refractivity contribution in [3.63, 3.8) is 0 Å². The van der Waals surface area contributed by atoms with Gasteiger partial charge in [0.05, 0.1) is 0 Å². The van der Waals surface area contributed by atoms with E-state index in [1.165, 1.54) is 16.0 Å². The fraction of sp³-hybridized carbons (Fsp3) is 0.294. The predicted octanol–water partition coefficient (Wildman–Crippen LogP) is 3.83. The molecule has 0 aromatic carbocycles. The van der Waals surface area contributed by atoms with E-state index >= 15 is 0 Å². The highest BCUT2D eigenvalue weighted by molar-refractivity contribution is 7.15. The highest BCUT2D eigenvalue weighted by atomic mass is 35.5. The van der Waals surface area contributed by atoms with Crippen LogP contribution in [0.15, 0.2) is 47.5 Å². The number of rotatable bonds is 4. The van der Waals surface area contributed by atoms with Gasteiger partial charge in [0.2, 0.25) is 0 Å². The first-order valence-corrected chi connectivity index (χ1v) is 9.48. The molecule has 1 aliphatic heterocycles. The minimum absolute atomic E-state index is 0. The summed E-state index contributed by atoms with van der Waals surface area (Å²) in [5.41, 5.74) is 2.51. The van der Waals surface area contributed by atoms with Crippen molar-refractivity contribution in [2.24, 2.45) is 0 Å². The molecule has 1 atom stereocenters. The van der Waals surface area contributed by atoms with Gasteiger partial charge in [-0.05, 0) is 23.1 Å². The molecule has 126 valence electrons. The van der Waals surface area contributed by atoms with Crippen molar-refractivity contribution in [1.82, 2.24) is 20.2 Å². The zero-order valence-corrected chi connectivity index (χ0v) is 15.5. The van der Waals surface area contributed by atoms with Crippen molar-refractivity contribution >= 4 is 35.1 Å². The Morgan fingerprint density at radius 2 is 2.25 bits per heavy atom. The fourth-order valence-electron chi connectivity index (χ4n) is 2.94. The summed E-state index contributed by atoms with van der Waals surface area (Å²) in [6, 6.07) is 6.70. The van der Waals surface area contributed by atoms with Crippen LogP contribution < -0.4 is 5.32 Å². The number of nitrogens with zero attached hydrogens (tertiary/aromatic N) is 3. The molecule has 0 amide bonds. The van der Waals surface area contributed by atoms with E-state index in [0.717, 1.165) is 31.2 Å². The molecule has 0 aliphatic carbocycles. The van der Waals surface area contributed by atoms with Gasteiger partial charge < -0.3 is 5.32 Å². The minimum Gasteiger partial charge on any atom is -0.314 e. The number of piperazine rings is 1. The molecule has 0 radical (unpaired) electrons. The van der Waals surface area contributed by atoms with Gasteiger partial charge >= 0.3 is 0 Å². The zero-order valence-electron chi connectivity index (χ0n) is 13.1. The van der Waals surface area contributed by atoms with Crippen LogP contribution in [0.3, 0.4) is 0 Å². The Balaban J connectivity index is 0.00000169. The van der Waals surface area contributed by atoms with Crippen LogP contribution >= 0.6 is 35.1 Å². The quantitative estimate of drug-likeness (QED) is 0.749. The lowest BCUT2D eigenvalue weighted by atomic mass is 10.1. The first kappa shape index (κ1) is 17.5. The number of hydrogen-bond donors (Lipinski definition) is 1. The second-order valence-corrected chi connectivity index (χ2v) is 7.52. The van der Waals surface area contributed by atoms with E-state index in [0.29, 0.717) is 6.04 Å². The van der Waals surface area contributed by atoms with Gasteiger partial charge in [0.25, 0.3) is 0 Å². The van der Waals surface area contributed by atoms with Crippen LogP contribution in [-0.2, 0) is 6.54 Å². The topological polar surface area (TPSA) is 41.1 Å². The standard InChI is InChI=1S/C17H18N4S2.ClH/c1-2-13(8-18-4-1)16-10-19-5-6-21(16)11-15-9-20-17(23-15)14-3-7-22-12-14;/h1-4,7-9,12,16,19H,5-6,10-11H2;1H. The third-order valence-corrected chi connectivity index (χ3v) is 5.82. The van der Waals surface area contributed by atoms with Crippen LogP contribution in [-0.4, -0.2) is 34.5 Å². The van der Waals surface area contributed by atoms with Crippen molar-refractivity contribution < 1.29 is 0 Å². The first-order valence-electron chi connectivity index (χ1n) is 7.72. The van der Waals surface area contributed by atoms with Gasteiger partial charge in [-0.25, -0.2) is 4.98 Å². The molecule has 3 aromatic heterocycles. The molecular weight excluding hydrogens is 360 g/mol. The number of halogens is 1. The SMILES string of the molecule is Cl.c1cncc(C2CNCCN2Cc2cnc(-c3ccsc3)s2)c1. The summed E-state index contributed by atoms with van der Waals surface area (Å²) in [5.74, 6) is 0. The Hall–Kier alpha value is -1.31. The maximum Gasteiger partial charge on any atom is 0.124 e. The van der Waals surface area contributed by atoms with Crippen LogP contribution in [0.1, 0.15) is 16.5 Å². The summed E-state index contributed by atoms with van der Waals surface area (Å²) in [4.78, 5) is 12.7. The van der Waals surface area contributed by atoms with Gasteiger partial charge in [-0.3, -0.25) is 9.88 Å². The summed E-state index contributed by atoms with van der Waals surface area (Å²) in [7, 11) is 0. The van der Waals surface area contributed by atoms with Gasteiger partial charge in [0.15, 0.2) is 0 Å². The Morgan fingerprint density at radius 1 is 1.29 bits per heavy atom. The molecule has 7 heteroatoms. The molecule has 1 N–H and O–H groups in total. The van der Waals surface area contributed by atoms with Crippen molar-refractivity contribution in [3.05, 3.63) is 58.0 Å². The average Bonchev–Trinajstić information content (AvgIpc) is 3.27. The van der Waals surface area contributed by atoms with Gasteiger partial charge in [0, 0.05) is 66.6 Å². The van der Waals surface area contributed by atoms with Crippen LogP contribution in [0.5, 0.6) is 0 Å². The van der Waals surface area contributed by atoms with Crippen molar-refractivity contribution in [3.8, 4) is 10.6 Å². The van der Waals surface area contributed by atoms with E-state index in [1.54, 1.807) is 22.7 Å². The number of hydrogen-bond acceptors (Lipinski definition) is 6. The molecule has 4 nitrogen and oxygen atoms in total. The second-order valence-electron chi connectivity index (χ2n) is 5.62. The maximum absolute atomic E-state index is 4.59. The molecule has 1 unspecified atom stereocenters. The largest absolute Gasteiger partial charge is 0.314 e. The maximum atomic E-state index is 4.59. The summed E-state index contributed by atoms with van der Waals surface area (Å²) in [5, 5.41) is 8.88. The summed E-state index contributed by atoms with van der Waals surface area (Å²) < 4.78 is 0. The monoisotopic (exact) mass is 378 g/mol. The van der Waals surface area contributed by atoms with Gasteiger partial charge in [-0.2, -0.15) is 11.3 Å². The molecule has 24 heavy (non-hydrogen) atoms. The third-order valence-electron chi connectivity index (χ3n) is 4.10. The zero-order chi connectivity index (χ0) is 15.5. The van der Waals surface area contributed by atoms with Crippen LogP contribution in [0.2, 0.25) is 0 Å². The van der Waals surface area contributed by atoms with Crippen LogP contribution in [0.25, 0.3) is 10.6 Å². The van der Waals surface area contributed by atoms with Crippen LogP contribution in [0, 0.1) is 0 Å². The number of aromatic nitrogens is 2. The van der Waals surface area contributed by atoms with E-state index in [2.05, 4.69) is 43.1 Å². The molecule has 1 fully saturated rings. The van der Waals surface area contributed by atoms with E-state index in [9.17, 15) is 0 Å². The van der Waals surface area contributed by atoms with E-state index in [1.807, 2.05) is 24.7 Å². The minimum atomic E-state index is 0. The molecule has 0 saturated carbocycles. The number of pyridine rings is 1. The van der Waals surface area contributed by atoms with Gasteiger partial charge in [0.1, 0.15) is 5.01 Å². The summed E-state index contributed by atoms with van der Waals surface area (Å²) in [6.45, 7) is 4.00. The molecule has 1 saturated heterocycles. The van der Waals surface area contributed by atoms with E-state index in [4.69, 9.17) is 0 Å². The highest BCUT2D eigenvalue weighted by Gasteiger charge is 2.24. The number of thiophene rings is 1. The third kappa shape index (κ3) is 3.84. The Labute approximate surface area is 156 Å². The predicted molar refractivity (Wildman–Crippen MR) is 103 cm³/mol. The second kappa shape index (κ2) is 8.18. The summed E-state index contributed by atoms with van der Waals surface area (Å²) >= 11 is 3.52. The lowest BCUT2D eigenvalue weighted by Gasteiger charge is -2.35. The van der Waals surface area contributed by atoms with Gasteiger partial charge in [-0.15, -0.1) is 23.7 Å². The molecule has 4 heterocycles. The smallest absolute Gasteiger partial charge is 0.124 e. The normalized spacial score (nSPS) is 18.2. The number of thiazole rings is 1. The molecule has 3 aromatic rings. The van der Waals surface area contributed by atoms with Crippen LogP contribution in [0.4, 0.5) is 0 Å². The Morgan fingerprint density at radius 3 is 3.04 bits per heavy atom. The van der Waals surface area contributed by atoms with Gasteiger partial charge in [-0.1, -0.05) is 6.07 Å². The lowest BCUT2D eigenvalue weighted by molar-refractivity contribution is 0.155. The molecule has 1 aliphatic rings. The van der Waals surface area contributed by atoms with E-state index < -0.39 is 0 Å². The Kier molecular flexibility index (Phi) is 5.97. The van der Waals surface area contributed by atoms with Crippen molar-refractivity contribution in [2.75, 3.05) is 19.6 Å². The average molecular weight is 379 g/mol. The molecular formula is C17H19ClN4S2. The number of nitrogens with one attached hydrogen (secondary N) is 1. The molecule has 4 rings (SSSR count). The first-order chi connectivity index (χ1) is 11.4.